The van der Waals surface area contributed by atoms with E-state index < -0.39 is 0 Å². The Hall–Kier alpha value is -1.35. The molecule has 3 heteroatoms. The lowest BCUT2D eigenvalue weighted by Gasteiger charge is -2.37. The Morgan fingerprint density at radius 3 is 2.37 bits per heavy atom. The molecule has 2 rings (SSSR count). The minimum Gasteiger partial charge on any atom is -0.372 e. The predicted octanol–water partition coefficient (Wildman–Crippen LogP) is 2.82. The fraction of sp³-hybridized carbons (Fsp3) is 0.562. The van der Waals surface area contributed by atoms with E-state index >= 15 is 0 Å². The highest BCUT2D eigenvalue weighted by Crippen LogP contribution is 2.24. The molecule has 0 radical (unpaired) electrons. The number of ether oxygens (including phenoxy) is 1. The van der Waals surface area contributed by atoms with Gasteiger partial charge in [0.1, 0.15) is 0 Å². The number of amides is 1. The molecular formula is C16H23NO2. The van der Waals surface area contributed by atoms with Crippen LogP contribution in [0.5, 0.6) is 0 Å². The molecule has 0 unspecified atom stereocenters. The van der Waals surface area contributed by atoms with E-state index in [-0.39, 0.29) is 24.0 Å². The van der Waals surface area contributed by atoms with Crippen molar-refractivity contribution in [2.24, 2.45) is 0 Å². The van der Waals surface area contributed by atoms with Crippen LogP contribution in [0.3, 0.4) is 0 Å². The van der Waals surface area contributed by atoms with Crippen molar-refractivity contribution in [2.45, 2.75) is 45.3 Å². The van der Waals surface area contributed by atoms with Crippen molar-refractivity contribution in [2.75, 3.05) is 13.1 Å². The molecule has 1 aromatic rings. The molecule has 0 bridgehead atoms. The second-order valence-electron chi connectivity index (χ2n) is 5.37. The first-order valence-corrected chi connectivity index (χ1v) is 7.11. The molecule has 1 aliphatic rings. The van der Waals surface area contributed by atoms with Gasteiger partial charge in [-0.05, 0) is 25.8 Å². The zero-order chi connectivity index (χ0) is 13.8. The average Bonchev–Trinajstić information content (AvgIpc) is 2.39. The summed E-state index contributed by atoms with van der Waals surface area (Å²) < 4.78 is 5.69. The van der Waals surface area contributed by atoms with Gasteiger partial charge in [-0.2, -0.15) is 0 Å². The normalized spacial score (nSPS) is 25.1. The minimum atomic E-state index is -0.0290. The molecule has 0 aromatic heterocycles. The van der Waals surface area contributed by atoms with Gasteiger partial charge in [0.25, 0.3) is 0 Å². The van der Waals surface area contributed by atoms with E-state index in [0.717, 1.165) is 12.0 Å². The first kappa shape index (κ1) is 14.1. The maximum atomic E-state index is 12.7. The Balaban J connectivity index is 2.13. The number of benzene rings is 1. The molecule has 3 nitrogen and oxygen atoms in total. The van der Waals surface area contributed by atoms with E-state index in [0.29, 0.717) is 13.1 Å². The van der Waals surface area contributed by atoms with Gasteiger partial charge < -0.3 is 9.64 Å². The molecule has 0 saturated carbocycles. The van der Waals surface area contributed by atoms with Gasteiger partial charge in [-0.15, -0.1) is 0 Å². The fourth-order valence-corrected chi connectivity index (χ4v) is 2.82. The van der Waals surface area contributed by atoms with Crippen LogP contribution in [-0.2, 0) is 9.53 Å². The van der Waals surface area contributed by atoms with Crippen LogP contribution >= 0.6 is 0 Å². The smallest absolute Gasteiger partial charge is 0.230 e. The van der Waals surface area contributed by atoms with Crippen molar-refractivity contribution >= 4 is 5.91 Å². The molecule has 0 N–H and O–H groups in total. The maximum Gasteiger partial charge on any atom is 0.230 e. The van der Waals surface area contributed by atoms with Crippen molar-refractivity contribution in [1.82, 2.24) is 4.90 Å². The Morgan fingerprint density at radius 2 is 1.84 bits per heavy atom. The molecule has 1 amide bonds. The second-order valence-corrected chi connectivity index (χ2v) is 5.37. The third-order valence-electron chi connectivity index (χ3n) is 3.64. The van der Waals surface area contributed by atoms with Crippen molar-refractivity contribution in [1.29, 1.82) is 0 Å². The van der Waals surface area contributed by atoms with Gasteiger partial charge in [0.05, 0.1) is 18.1 Å². The van der Waals surface area contributed by atoms with E-state index in [1.165, 1.54) is 0 Å². The van der Waals surface area contributed by atoms with Crippen LogP contribution in [0.15, 0.2) is 30.3 Å². The molecule has 0 spiro atoms. The highest BCUT2D eigenvalue weighted by molar-refractivity contribution is 5.83. The van der Waals surface area contributed by atoms with Gasteiger partial charge in [-0.3, -0.25) is 4.79 Å². The first-order chi connectivity index (χ1) is 9.11. The highest BCUT2D eigenvalue weighted by atomic mass is 16.5. The van der Waals surface area contributed by atoms with E-state index in [4.69, 9.17) is 4.74 Å². The molecule has 1 fully saturated rings. The van der Waals surface area contributed by atoms with E-state index in [2.05, 4.69) is 6.92 Å². The molecule has 3 atom stereocenters. The largest absolute Gasteiger partial charge is 0.372 e. The number of hydrogen-bond acceptors (Lipinski definition) is 2. The summed E-state index contributed by atoms with van der Waals surface area (Å²) in [5.41, 5.74) is 1.11. The molecule has 1 saturated heterocycles. The predicted molar refractivity (Wildman–Crippen MR) is 76.1 cm³/mol. The summed E-state index contributed by atoms with van der Waals surface area (Å²) in [6.45, 7) is 7.53. The number of rotatable bonds is 3. The number of carbonyl (C=O) groups is 1. The summed E-state index contributed by atoms with van der Waals surface area (Å²) in [5, 5.41) is 0. The van der Waals surface area contributed by atoms with Crippen molar-refractivity contribution in [3.63, 3.8) is 0 Å². The van der Waals surface area contributed by atoms with Gasteiger partial charge in [-0.25, -0.2) is 0 Å². The number of carbonyl (C=O) groups excluding carboxylic acids is 1. The van der Waals surface area contributed by atoms with Gasteiger partial charge in [0.15, 0.2) is 0 Å². The van der Waals surface area contributed by atoms with Crippen molar-refractivity contribution < 1.29 is 9.53 Å². The summed E-state index contributed by atoms with van der Waals surface area (Å²) in [6.07, 6.45) is 1.09. The fourth-order valence-electron chi connectivity index (χ4n) is 2.82. The molecule has 1 heterocycles. The van der Waals surface area contributed by atoms with Crippen LogP contribution in [0.4, 0.5) is 0 Å². The quantitative estimate of drug-likeness (QED) is 0.837. The summed E-state index contributed by atoms with van der Waals surface area (Å²) in [6, 6.07) is 10.1. The SMILES string of the molecule is CC[C@@H](C(=O)N1C[C@H](C)O[C@@H](C)C1)c1ccccc1. The highest BCUT2D eigenvalue weighted by Gasteiger charge is 2.30. The topological polar surface area (TPSA) is 29.5 Å². The lowest BCUT2D eigenvalue weighted by Crippen LogP contribution is -2.49. The maximum absolute atomic E-state index is 12.7. The number of nitrogens with zero attached hydrogens (tertiary/aromatic N) is 1. The molecule has 19 heavy (non-hydrogen) atoms. The van der Waals surface area contributed by atoms with Gasteiger partial charge in [-0.1, -0.05) is 37.3 Å². The second kappa shape index (κ2) is 6.20. The standard InChI is InChI=1S/C16H23NO2/c1-4-15(14-8-6-5-7-9-14)16(18)17-10-12(2)19-13(3)11-17/h5-9,12-13,15H,4,10-11H2,1-3H3/t12-,13-,15+/m0/s1. The lowest BCUT2D eigenvalue weighted by atomic mass is 9.94. The van der Waals surface area contributed by atoms with E-state index in [9.17, 15) is 4.79 Å². The van der Waals surface area contributed by atoms with Gasteiger partial charge >= 0.3 is 0 Å². The minimum absolute atomic E-state index is 0.0290. The summed E-state index contributed by atoms with van der Waals surface area (Å²) >= 11 is 0. The van der Waals surface area contributed by atoms with Crippen LogP contribution in [0.25, 0.3) is 0 Å². The monoisotopic (exact) mass is 261 g/mol. The summed E-state index contributed by atoms with van der Waals surface area (Å²) in [5.74, 6) is 0.203. The van der Waals surface area contributed by atoms with Gasteiger partial charge in [0.2, 0.25) is 5.91 Å². The van der Waals surface area contributed by atoms with Crippen molar-refractivity contribution in [3.8, 4) is 0 Å². The average molecular weight is 261 g/mol. The molecule has 1 aromatic carbocycles. The van der Waals surface area contributed by atoms with Crippen LogP contribution in [0, 0.1) is 0 Å². The zero-order valence-electron chi connectivity index (χ0n) is 12.0. The van der Waals surface area contributed by atoms with Crippen LogP contribution in [0.1, 0.15) is 38.7 Å². The third kappa shape index (κ3) is 3.35. The number of morpholine rings is 1. The first-order valence-electron chi connectivity index (χ1n) is 7.11. The Kier molecular flexibility index (Phi) is 4.59. The Labute approximate surface area is 115 Å². The third-order valence-corrected chi connectivity index (χ3v) is 3.64. The van der Waals surface area contributed by atoms with Crippen molar-refractivity contribution in [3.05, 3.63) is 35.9 Å². The Bertz CT molecular complexity index is 408. The molecule has 104 valence electrons. The zero-order valence-corrected chi connectivity index (χ0v) is 12.0. The number of hydrogen-bond donors (Lipinski definition) is 0. The summed E-state index contributed by atoms with van der Waals surface area (Å²) in [4.78, 5) is 14.6. The lowest BCUT2D eigenvalue weighted by molar-refractivity contribution is -0.144. The van der Waals surface area contributed by atoms with Crippen LogP contribution < -0.4 is 0 Å². The van der Waals surface area contributed by atoms with E-state index in [1.807, 2.05) is 49.1 Å². The van der Waals surface area contributed by atoms with Gasteiger partial charge in [0, 0.05) is 13.1 Å². The van der Waals surface area contributed by atoms with E-state index in [1.54, 1.807) is 0 Å². The molecular weight excluding hydrogens is 238 g/mol. The van der Waals surface area contributed by atoms with Crippen LogP contribution in [-0.4, -0.2) is 36.1 Å². The Morgan fingerprint density at radius 1 is 1.26 bits per heavy atom. The molecule has 0 aliphatic carbocycles. The van der Waals surface area contributed by atoms with Crippen LogP contribution in [0.2, 0.25) is 0 Å². The summed E-state index contributed by atoms with van der Waals surface area (Å²) in [7, 11) is 0. The molecule has 1 aliphatic heterocycles.